The fourth-order valence-corrected chi connectivity index (χ4v) is 3.98. The molecule has 1 spiro atoms. The van der Waals surface area contributed by atoms with E-state index >= 15 is 0 Å². The van der Waals surface area contributed by atoms with Crippen molar-refractivity contribution in [2.75, 3.05) is 13.1 Å². The van der Waals surface area contributed by atoms with Gasteiger partial charge in [-0.1, -0.05) is 15.9 Å². The van der Waals surface area contributed by atoms with Crippen molar-refractivity contribution in [1.82, 2.24) is 5.32 Å². The molecule has 2 heterocycles. The Balaban J connectivity index is 1.99. The smallest absolute Gasteiger partial charge is 0.140 e. The van der Waals surface area contributed by atoms with Crippen LogP contribution in [-0.4, -0.2) is 19.3 Å². The molecule has 6 heteroatoms. The Kier molecular flexibility index (Phi) is 3.69. The molecule has 0 aromatic heterocycles. The van der Waals surface area contributed by atoms with Crippen LogP contribution in [0.4, 0.5) is 0 Å². The van der Waals surface area contributed by atoms with Crippen LogP contribution in [0, 0.1) is 3.57 Å². The highest BCUT2D eigenvalue weighted by atomic mass is 127. The van der Waals surface area contributed by atoms with Crippen LogP contribution < -0.4 is 15.8 Å². The van der Waals surface area contributed by atoms with Crippen molar-refractivity contribution in [3.8, 4) is 11.5 Å². The third-order valence-electron chi connectivity index (χ3n) is 4.05. The van der Waals surface area contributed by atoms with Crippen molar-refractivity contribution in [1.29, 1.82) is 0 Å². The lowest BCUT2D eigenvalue weighted by atomic mass is 9.82. The topological polar surface area (TPSA) is 56.5 Å². The van der Waals surface area contributed by atoms with Gasteiger partial charge in [0, 0.05) is 32.3 Å². The zero-order valence-electron chi connectivity index (χ0n) is 11.6. The Morgan fingerprint density at radius 3 is 2.68 bits per heavy atom. The highest BCUT2D eigenvalue weighted by molar-refractivity contribution is 14.1. The number of benzene rings is 2. The molecule has 0 aliphatic carbocycles. The number of nitrogens with one attached hydrogen (secondary N) is 1. The van der Waals surface area contributed by atoms with Gasteiger partial charge >= 0.3 is 0 Å². The Morgan fingerprint density at radius 2 is 1.91 bits per heavy atom. The van der Waals surface area contributed by atoms with Gasteiger partial charge in [-0.15, -0.1) is 0 Å². The molecule has 114 valence electrons. The molecule has 1 unspecified atom stereocenters. The Bertz CT molecular complexity index is 701. The lowest BCUT2D eigenvalue weighted by Crippen LogP contribution is -2.56. The summed E-state index contributed by atoms with van der Waals surface area (Å²) in [5, 5.41) is 3.39. The molecule has 22 heavy (non-hydrogen) atoms. The molecular formula is C16H14BrIN2O2. The van der Waals surface area contributed by atoms with E-state index in [4.69, 9.17) is 15.2 Å². The number of halogens is 2. The highest BCUT2D eigenvalue weighted by Crippen LogP contribution is 2.50. The van der Waals surface area contributed by atoms with Crippen molar-refractivity contribution < 1.29 is 9.47 Å². The minimum atomic E-state index is -0.619. The first kappa shape index (κ1) is 14.9. The summed E-state index contributed by atoms with van der Waals surface area (Å²) in [6, 6.07) is 12.1. The van der Waals surface area contributed by atoms with Gasteiger partial charge in [0.05, 0.1) is 0 Å². The van der Waals surface area contributed by atoms with Gasteiger partial charge in [-0.05, 0) is 59.0 Å². The Labute approximate surface area is 150 Å². The summed E-state index contributed by atoms with van der Waals surface area (Å²) in [5.41, 5.74) is 7.49. The second-order valence-corrected chi connectivity index (χ2v) is 7.66. The van der Waals surface area contributed by atoms with E-state index in [1.54, 1.807) is 0 Å². The number of morpholine rings is 1. The summed E-state index contributed by atoms with van der Waals surface area (Å²) in [7, 11) is 0. The van der Waals surface area contributed by atoms with Crippen LogP contribution in [0.15, 0.2) is 40.9 Å². The summed E-state index contributed by atoms with van der Waals surface area (Å²) < 4.78 is 14.5. The number of ether oxygens (including phenoxy) is 2. The second-order valence-electron chi connectivity index (χ2n) is 5.50. The van der Waals surface area contributed by atoms with Crippen LogP contribution in [0.1, 0.15) is 11.1 Å². The maximum Gasteiger partial charge on any atom is 0.140 e. The molecule has 2 atom stereocenters. The first-order valence-corrected chi connectivity index (χ1v) is 8.88. The van der Waals surface area contributed by atoms with Crippen LogP contribution in [0.2, 0.25) is 0 Å². The van der Waals surface area contributed by atoms with Gasteiger partial charge in [-0.25, -0.2) is 0 Å². The van der Waals surface area contributed by atoms with Crippen molar-refractivity contribution >= 4 is 38.5 Å². The molecule has 1 fully saturated rings. The SMILES string of the molecule is N[C@@H]1CNCC2(O1)c1cc(Br)ccc1Oc1ccc(I)cc12. The van der Waals surface area contributed by atoms with E-state index < -0.39 is 5.60 Å². The van der Waals surface area contributed by atoms with Gasteiger partial charge in [0.1, 0.15) is 23.3 Å². The summed E-state index contributed by atoms with van der Waals surface area (Å²) in [5.74, 6) is 1.64. The lowest BCUT2D eigenvalue weighted by molar-refractivity contribution is -0.0971. The molecule has 2 aliphatic heterocycles. The van der Waals surface area contributed by atoms with Crippen LogP contribution in [0.5, 0.6) is 11.5 Å². The fraction of sp³-hybridized carbons (Fsp3) is 0.250. The fourth-order valence-electron chi connectivity index (χ4n) is 3.13. The van der Waals surface area contributed by atoms with E-state index in [0.29, 0.717) is 13.1 Å². The second kappa shape index (κ2) is 5.45. The number of nitrogens with two attached hydrogens (primary N) is 1. The maximum atomic E-state index is 6.29. The zero-order chi connectivity index (χ0) is 15.3. The van der Waals surface area contributed by atoms with Crippen LogP contribution in [0.3, 0.4) is 0 Å². The van der Waals surface area contributed by atoms with Gasteiger partial charge in [0.2, 0.25) is 0 Å². The van der Waals surface area contributed by atoms with E-state index in [9.17, 15) is 0 Å². The molecule has 2 aromatic rings. The molecule has 1 saturated heterocycles. The average Bonchev–Trinajstić information content (AvgIpc) is 2.49. The first-order chi connectivity index (χ1) is 10.6. The van der Waals surface area contributed by atoms with Crippen molar-refractivity contribution in [2.45, 2.75) is 11.8 Å². The summed E-state index contributed by atoms with van der Waals surface area (Å²) in [6.07, 6.45) is -0.357. The molecule has 2 aliphatic rings. The van der Waals surface area contributed by atoms with Crippen LogP contribution in [-0.2, 0) is 10.3 Å². The summed E-state index contributed by atoms with van der Waals surface area (Å²) in [4.78, 5) is 0. The van der Waals surface area contributed by atoms with Gasteiger partial charge in [-0.3, -0.25) is 0 Å². The lowest BCUT2D eigenvalue weighted by Gasteiger charge is -2.44. The normalized spacial score (nSPS) is 26.2. The largest absolute Gasteiger partial charge is 0.457 e. The van der Waals surface area contributed by atoms with Crippen molar-refractivity contribution in [2.24, 2.45) is 5.73 Å². The molecule has 0 bridgehead atoms. The maximum absolute atomic E-state index is 6.29. The molecule has 0 amide bonds. The van der Waals surface area contributed by atoms with E-state index in [2.05, 4.69) is 56.0 Å². The minimum Gasteiger partial charge on any atom is -0.457 e. The minimum absolute atomic E-state index is 0.357. The standard InChI is InChI=1S/C16H14BrIN2O2/c17-9-1-3-13-11(5-9)16(8-20-7-15(19)22-16)12-6-10(18)2-4-14(12)21-13/h1-6,15,20H,7-8,19H2/t15-,16?/m0/s1. The first-order valence-electron chi connectivity index (χ1n) is 7.00. The van der Waals surface area contributed by atoms with E-state index in [-0.39, 0.29) is 6.23 Å². The third kappa shape index (κ3) is 2.28. The molecule has 4 nitrogen and oxygen atoms in total. The number of rotatable bonds is 0. The van der Waals surface area contributed by atoms with Gasteiger partial charge in [-0.2, -0.15) is 0 Å². The van der Waals surface area contributed by atoms with E-state index in [1.165, 1.54) is 0 Å². The van der Waals surface area contributed by atoms with Gasteiger partial charge in [0.15, 0.2) is 0 Å². The molecule has 0 radical (unpaired) electrons. The van der Waals surface area contributed by atoms with Crippen LogP contribution >= 0.6 is 38.5 Å². The summed E-state index contributed by atoms with van der Waals surface area (Å²) in [6.45, 7) is 1.31. The average molecular weight is 473 g/mol. The highest BCUT2D eigenvalue weighted by Gasteiger charge is 2.46. The molecule has 4 rings (SSSR count). The van der Waals surface area contributed by atoms with Gasteiger partial charge in [0.25, 0.3) is 0 Å². The predicted octanol–water partition coefficient (Wildman–Crippen LogP) is 3.31. The molecule has 3 N–H and O–H groups in total. The van der Waals surface area contributed by atoms with E-state index in [1.807, 2.05) is 24.3 Å². The van der Waals surface area contributed by atoms with Crippen LogP contribution in [0.25, 0.3) is 0 Å². The molecule has 2 aromatic carbocycles. The third-order valence-corrected chi connectivity index (χ3v) is 5.21. The van der Waals surface area contributed by atoms with Crippen molar-refractivity contribution in [3.05, 3.63) is 55.6 Å². The monoisotopic (exact) mass is 472 g/mol. The quantitative estimate of drug-likeness (QED) is 0.577. The van der Waals surface area contributed by atoms with E-state index in [0.717, 1.165) is 30.7 Å². The summed E-state index contributed by atoms with van der Waals surface area (Å²) >= 11 is 5.85. The predicted molar refractivity (Wildman–Crippen MR) is 96.1 cm³/mol. The zero-order valence-corrected chi connectivity index (χ0v) is 15.3. The van der Waals surface area contributed by atoms with Crippen molar-refractivity contribution in [3.63, 3.8) is 0 Å². The molecular weight excluding hydrogens is 459 g/mol. The Morgan fingerprint density at radius 1 is 1.18 bits per heavy atom. The molecule has 0 saturated carbocycles. The number of fused-ring (bicyclic) bond motifs is 4. The number of hydrogen-bond acceptors (Lipinski definition) is 4. The Hall–Kier alpha value is -0.670. The van der Waals surface area contributed by atoms with Gasteiger partial charge < -0.3 is 20.5 Å². The number of hydrogen-bond donors (Lipinski definition) is 2.